The Labute approximate surface area is 118 Å². The van der Waals surface area contributed by atoms with E-state index in [0.29, 0.717) is 11.8 Å². The third kappa shape index (κ3) is 3.58. The summed E-state index contributed by atoms with van der Waals surface area (Å²) in [5.74, 6) is 1.97. The number of nitrogens with zero attached hydrogens (tertiary/aromatic N) is 3. The summed E-state index contributed by atoms with van der Waals surface area (Å²) in [5.41, 5.74) is 2.09. The molecule has 0 amide bonds. The van der Waals surface area contributed by atoms with Gasteiger partial charge in [0.05, 0.1) is 13.0 Å². The highest BCUT2D eigenvalue weighted by molar-refractivity contribution is 6.17. The predicted octanol–water partition coefficient (Wildman–Crippen LogP) is 2.86. The van der Waals surface area contributed by atoms with Gasteiger partial charge in [0.2, 0.25) is 5.95 Å². The summed E-state index contributed by atoms with van der Waals surface area (Å²) >= 11 is 5.71. The second-order valence-electron chi connectivity index (χ2n) is 4.23. The van der Waals surface area contributed by atoms with E-state index in [1.54, 1.807) is 19.5 Å². The summed E-state index contributed by atoms with van der Waals surface area (Å²) in [6, 6.07) is 7.95. The summed E-state index contributed by atoms with van der Waals surface area (Å²) in [6.45, 7) is 0.740. The van der Waals surface area contributed by atoms with Crippen LogP contribution in [0.3, 0.4) is 0 Å². The van der Waals surface area contributed by atoms with Crippen molar-refractivity contribution in [3.8, 4) is 5.75 Å². The van der Waals surface area contributed by atoms with Crippen molar-refractivity contribution in [2.45, 2.75) is 12.4 Å². The summed E-state index contributed by atoms with van der Waals surface area (Å²) < 4.78 is 5.13. The van der Waals surface area contributed by atoms with Crippen molar-refractivity contribution in [3.05, 3.63) is 47.8 Å². The van der Waals surface area contributed by atoms with Crippen LogP contribution in [0.5, 0.6) is 5.75 Å². The zero-order valence-electron chi connectivity index (χ0n) is 11.0. The molecule has 0 saturated heterocycles. The zero-order chi connectivity index (χ0) is 13.7. The number of halogens is 1. The van der Waals surface area contributed by atoms with Gasteiger partial charge in [0, 0.05) is 31.5 Å². The van der Waals surface area contributed by atoms with Crippen LogP contribution >= 0.6 is 11.6 Å². The lowest BCUT2D eigenvalue weighted by Crippen LogP contribution is -2.19. The molecule has 0 bridgehead atoms. The van der Waals surface area contributed by atoms with Crippen molar-refractivity contribution in [1.29, 1.82) is 0 Å². The topological polar surface area (TPSA) is 38.2 Å². The van der Waals surface area contributed by atoms with Gasteiger partial charge in [-0.2, -0.15) is 0 Å². The molecule has 2 aromatic rings. The summed E-state index contributed by atoms with van der Waals surface area (Å²) in [6.07, 6.45) is 3.50. The van der Waals surface area contributed by atoms with Gasteiger partial charge in [-0.15, -0.1) is 11.6 Å². The van der Waals surface area contributed by atoms with Gasteiger partial charge in [0.15, 0.2) is 0 Å². The fourth-order valence-electron chi connectivity index (χ4n) is 1.69. The molecule has 19 heavy (non-hydrogen) atoms. The van der Waals surface area contributed by atoms with Gasteiger partial charge >= 0.3 is 0 Å². The maximum Gasteiger partial charge on any atom is 0.225 e. The second kappa shape index (κ2) is 6.38. The molecule has 0 unspecified atom stereocenters. The van der Waals surface area contributed by atoms with Crippen LogP contribution in [0.2, 0.25) is 0 Å². The average Bonchev–Trinajstić information content (AvgIpc) is 2.48. The number of aromatic nitrogens is 2. The lowest BCUT2D eigenvalue weighted by molar-refractivity contribution is 0.414. The maximum absolute atomic E-state index is 5.71. The van der Waals surface area contributed by atoms with Gasteiger partial charge in [-0.3, -0.25) is 0 Å². The number of alkyl halides is 1. The number of ether oxygens (including phenoxy) is 1. The first-order valence-electron chi connectivity index (χ1n) is 5.94. The SMILES string of the molecule is COc1ccc(CN(C)c2ncc(CCl)cn2)cc1. The lowest BCUT2D eigenvalue weighted by Gasteiger charge is -2.17. The molecule has 1 aromatic heterocycles. The van der Waals surface area contributed by atoms with E-state index in [2.05, 4.69) is 9.97 Å². The highest BCUT2D eigenvalue weighted by Gasteiger charge is 2.05. The molecule has 0 radical (unpaired) electrons. The molecule has 1 aromatic carbocycles. The van der Waals surface area contributed by atoms with Gasteiger partial charge in [0.25, 0.3) is 0 Å². The molecular formula is C14H16ClN3O. The first-order valence-corrected chi connectivity index (χ1v) is 6.47. The molecule has 0 saturated carbocycles. The standard InChI is InChI=1S/C14H16ClN3O/c1-18(14-16-8-12(7-15)9-17-14)10-11-3-5-13(19-2)6-4-11/h3-6,8-9H,7,10H2,1-2H3. The van der Waals surface area contributed by atoms with Crippen molar-refractivity contribution in [2.75, 3.05) is 19.1 Å². The van der Waals surface area contributed by atoms with Crippen molar-refractivity contribution in [3.63, 3.8) is 0 Å². The molecule has 5 heteroatoms. The van der Waals surface area contributed by atoms with E-state index in [-0.39, 0.29) is 0 Å². The summed E-state index contributed by atoms with van der Waals surface area (Å²) in [5, 5.41) is 0. The van der Waals surface area contributed by atoms with E-state index in [1.165, 1.54) is 5.56 Å². The Bertz CT molecular complexity index is 513. The smallest absolute Gasteiger partial charge is 0.225 e. The first-order chi connectivity index (χ1) is 9.22. The van der Waals surface area contributed by atoms with Gasteiger partial charge in [-0.1, -0.05) is 12.1 Å². The van der Waals surface area contributed by atoms with Crippen LogP contribution in [0.4, 0.5) is 5.95 Å². The molecule has 0 fully saturated rings. The Kier molecular flexibility index (Phi) is 4.58. The quantitative estimate of drug-likeness (QED) is 0.788. The van der Waals surface area contributed by atoms with Crippen LogP contribution in [-0.4, -0.2) is 24.1 Å². The van der Waals surface area contributed by atoms with Gasteiger partial charge < -0.3 is 9.64 Å². The highest BCUT2D eigenvalue weighted by Crippen LogP contribution is 2.14. The Morgan fingerprint density at radius 2 is 1.74 bits per heavy atom. The average molecular weight is 278 g/mol. The number of anilines is 1. The van der Waals surface area contributed by atoms with Gasteiger partial charge in [-0.25, -0.2) is 9.97 Å². The molecule has 2 rings (SSSR count). The molecule has 0 atom stereocenters. The minimum Gasteiger partial charge on any atom is -0.497 e. The van der Waals surface area contributed by atoms with Crippen molar-refractivity contribution in [2.24, 2.45) is 0 Å². The Morgan fingerprint density at radius 1 is 1.11 bits per heavy atom. The minimum atomic E-state index is 0.433. The highest BCUT2D eigenvalue weighted by atomic mass is 35.5. The zero-order valence-corrected chi connectivity index (χ0v) is 11.8. The van der Waals surface area contributed by atoms with Crippen LogP contribution < -0.4 is 9.64 Å². The van der Waals surface area contributed by atoms with Crippen molar-refractivity contribution >= 4 is 17.5 Å². The maximum atomic E-state index is 5.71. The van der Waals surface area contributed by atoms with Crippen molar-refractivity contribution in [1.82, 2.24) is 9.97 Å². The van der Waals surface area contributed by atoms with Crippen LogP contribution in [0.25, 0.3) is 0 Å². The molecule has 0 aliphatic rings. The van der Waals surface area contributed by atoms with Crippen molar-refractivity contribution < 1.29 is 4.74 Å². The van der Waals surface area contributed by atoms with Crippen LogP contribution in [0.15, 0.2) is 36.7 Å². The van der Waals surface area contributed by atoms with E-state index in [0.717, 1.165) is 17.9 Å². The number of rotatable bonds is 5. The van der Waals surface area contributed by atoms with E-state index in [9.17, 15) is 0 Å². The van der Waals surface area contributed by atoms with Gasteiger partial charge in [0.1, 0.15) is 5.75 Å². The largest absolute Gasteiger partial charge is 0.497 e. The van der Waals surface area contributed by atoms with E-state index < -0.39 is 0 Å². The molecule has 0 aliphatic heterocycles. The summed E-state index contributed by atoms with van der Waals surface area (Å²) in [7, 11) is 3.62. The molecule has 0 N–H and O–H groups in total. The third-order valence-electron chi connectivity index (χ3n) is 2.77. The fourth-order valence-corrected chi connectivity index (χ4v) is 1.83. The molecular weight excluding hydrogens is 262 g/mol. The fraction of sp³-hybridized carbons (Fsp3) is 0.286. The number of methoxy groups -OCH3 is 1. The molecule has 0 aliphatic carbocycles. The Morgan fingerprint density at radius 3 is 2.26 bits per heavy atom. The normalized spacial score (nSPS) is 10.3. The number of hydrogen-bond donors (Lipinski definition) is 0. The number of benzene rings is 1. The lowest BCUT2D eigenvalue weighted by atomic mass is 10.2. The van der Waals surface area contributed by atoms with E-state index >= 15 is 0 Å². The molecule has 4 nitrogen and oxygen atoms in total. The number of hydrogen-bond acceptors (Lipinski definition) is 4. The summed E-state index contributed by atoms with van der Waals surface area (Å²) in [4.78, 5) is 10.6. The molecule has 1 heterocycles. The van der Waals surface area contributed by atoms with Crippen LogP contribution in [0.1, 0.15) is 11.1 Å². The van der Waals surface area contributed by atoms with E-state index in [4.69, 9.17) is 16.3 Å². The molecule has 100 valence electrons. The third-order valence-corrected chi connectivity index (χ3v) is 3.07. The Balaban J connectivity index is 2.04. The van der Waals surface area contributed by atoms with Gasteiger partial charge in [-0.05, 0) is 17.7 Å². The van der Waals surface area contributed by atoms with Crippen LogP contribution in [0, 0.1) is 0 Å². The van der Waals surface area contributed by atoms with Crippen LogP contribution in [-0.2, 0) is 12.4 Å². The minimum absolute atomic E-state index is 0.433. The van der Waals surface area contributed by atoms with E-state index in [1.807, 2.05) is 36.2 Å². The monoisotopic (exact) mass is 277 g/mol. The Hall–Kier alpha value is -1.81. The second-order valence-corrected chi connectivity index (χ2v) is 4.50. The first kappa shape index (κ1) is 13.6. The predicted molar refractivity (Wildman–Crippen MR) is 76.7 cm³/mol. The molecule has 0 spiro atoms.